The fraction of sp³-hybridized carbons (Fsp3) is 1.00. The van der Waals surface area contributed by atoms with E-state index in [0.29, 0.717) is 5.54 Å². The van der Waals surface area contributed by atoms with Gasteiger partial charge in [0.1, 0.15) is 0 Å². The van der Waals surface area contributed by atoms with Gasteiger partial charge in [-0.3, -0.25) is 0 Å². The van der Waals surface area contributed by atoms with Crippen molar-refractivity contribution in [3.8, 4) is 0 Å². The van der Waals surface area contributed by atoms with Gasteiger partial charge in [-0.2, -0.15) is 0 Å². The summed E-state index contributed by atoms with van der Waals surface area (Å²) in [6.45, 7) is 3.74. The van der Waals surface area contributed by atoms with E-state index in [9.17, 15) is 0 Å². The van der Waals surface area contributed by atoms with Crippen molar-refractivity contribution >= 4 is 0 Å². The second-order valence-corrected chi connectivity index (χ2v) is 4.60. The molecule has 1 aliphatic heterocycles. The van der Waals surface area contributed by atoms with Crippen molar-refractivity contribution < 1.29 is 0 Å². The molecule has 11 heavy (non-hydrogen) atoms. The van der Waals surface area contributed by atoms with Crippen LogP contribution in [-0.2, 0) is 0 Å². The predicted octanol–water partition coefficient (Wildman–Crippen LogP) is 2.27. The van der Waals surface area contributed by atoms with Crippen LogP contribution in [0.3, 0.4) is 0 Å². The molecular weight excluding hydrogens is 134 g/mol. The van der Waals surface area contributed by atoms with E-state index in [1.807, 2.05) is 0 Å². The molecule has 2 unspecified atom stereocenters. The lowest BCUT2D eigenvalue weighted by atomic mass is 9.93. The molecule has 0 aromatic rings. The smallest absolute Gasteiger partial charge is 0.0209 e. The molecule has 0 N–H and O–H groups in total. The van der Waals surface area contributed by atoms with Crippen LogP contribution >= 0.6 is 0 Å². The quantitative estimate of drug-likeness (QED) is 0.516. The van der Waals surface area contributed by atoms with Crippen molar-refractivity contribution in [1.29, 1.82) is 0 Å². The first kappa shape index (κ1) is 7.60. The van der Waals surface area contributed by atoms with Crippen LogP contribution in [0.5, 0.6) is 0 Å². The number of hydrogen-bond donors (Lipinski definition) is 0. The maximum Gasteiger partial charge on any atom is 0.0209 e. The van der Waals surface area contributed by atoms with Crippen molar-refractivity contribution in [3.63, 3.8) is 0 Å². The molecule has 0 aromatic heterocycles. The standard InChI is InChI=1S/C10H19N/c1-9-4-6-10(8-9)5-3-7-11(10)2/h9H,3-8H2,1-2H3. The van der Waals surface area contributed by atoms with Crippen molar-refractivity contribution in [1.82, 2.24) is 4.90 Å². The molecule has 2 atom stereocenters. The highest BCUT2D eigenvalue weighted by molar-refractivity contribution is 4.99. The van der Waals surface area contributed by atoms with Crippen LogP contribution in [0.4, 0.5) is 0 Å². The van der Waals surface area contributed by atoms with E-state index < -0.39 is 0 Å². The zero-order valence-corrected chi connectivity index (χ0v) is 7.77. The van der Waals surface area contributed by atoms with Crippen molar-refractivity contribution in [3.05, 3.63) is 0 Å². The third-order valence-electron chi connectivity index (χ3n) is 3.78. The molecule has 2 rings (SSSR count). The molecule has 1 spiro atoms. The van der Waals surface area contributed by atoms with Crippen LogP contribution < -0.4 is 0 Å². The summed E-state index contributed by atoms with van der Waals surface area (Å²) in [5.74, 6) is 0.982. The Labute approximate surface area is 69.8 Å². The average molecular weight is 153 g/mol. The molecule has 64 valence electrons. The Bertz CT molecular complexity index is 155. The molecule has 1 aliphatic carbocycles. The van der Waals surface area contributed by atoms with E-state index in [1.165, 1.54) is 38.6 Å². The van der Waals surface area contributed by atoms with Gasteiger partial charge in [-0.1, -0.05) is 6.92 Å². The Morgan fingerprint density at radius 1 is 1.36 bits per heavy atom. The number of rotatable bonds is 0. The third-order valence-corrected chi connectivity index (χ3v) is 3.78. The monoisotopic (exact) mass is 153 g/mol. The zero-order chi connectivity index (χ0) is 7.90. The lowest BCUT2D eigenvalue weighted by Crippen LogP contribution is -2.38. The molecule has 0 bridgehead atoms. The van der Waals surface area contributed by atoms with Gasteiger partial charge < -0.3 is 4.90 Å². The molecular formula is C10H19N. The van der Waals surface area contributed by atoms with Crippen LogP contribution in [0.2, 0.25) is 0 Å². The average Bonchev–Trinajstić information content (AvgIpc) is 2.46. The highest BCUT2D eigenvalue weighted by Crippen LogP contribution is 2.44. The second kappa shape index (κ2) is 2.48. The number of likely N-dealkylation sites (tertiary alicyclic amines) is 1. The van der Waals surface area contributed by atoms with E-state index >= 15 is 0 Å². The summed E-state index contributed by atoms with van der Waals surface area (Å²) in [5.41, 5.74) is 0.652. The zero-order valence-electron chi connectivity index (χ0n) is 7.77. The summed E-state index contributed by atoms with van der Waals surface area (Å²) in [6.07, 6.45) is 7.29. The lowest BCUT2D eigenvalue weighted by molar-refractivity contribution is 0.175. The van der Waals surface area contributed by atoms with Gasteiger partial charge in [0.2, 0.25) is 0 Å². The SMILES string of the molecule is CC1CCC2(CCCN2C)C1. The van der Waals surface area contributed by atoms with Gasteiger partial charge >= 0.3 is 0 Å². The Morgan fingerprint density at radius 3 is 2.64 bits per heavy atom. The van der Waals surface area contributed by atoms with Gasteiger partial charge in [0.15, 0.2) is 0 Å². The van der Waals surface area contributed by atoms with Gasteiger partial charge in [0, 0.05) is 5.54 Å². The molecule has 2 aliphatic rings. The molecule has 1 heteroatoms. The van der Waals surface area contributed by atoms with Gasteiger partial charge in [0.05, 0.1) is 0 Å². The molecule has 1 nitrogen and oxygen atoms in total. The summed E-state index contributed by atoms with van der Waals surface area (Å²) < 4.78 is 0. The minimum Gasteiger partial charge on any atom is -0.301 e. The molecule has 0 amide bonds. The molecule has 1 saturated heterocycles. The summed E-state index contributed by atoms with van der Waals surface area (Å²) in [4.78, 5) is 2.61. The summed E-state index contributed by atoms with van der Waals surface area (Å²) in [5, 5.41) is 0. The minimum absolute atomic E-state index is 0.652. The van der Waals surface area contributed by atoms with Crippen LogP contribution in [0.25, 0.3) is 0 Å². The molecule has 1 heterocycles. The fourth-order valence-electron chi connectivity index (χ4n) is 3.01. The van der Waals surface area contributed by atoms with Gasteiger partial charge in [-0.25, -0.2) is 0 Å². The van der Waals surface area contributed by atoms with E-state index in [1.54, 1.807) is 0 Å². The van der Waals surface area contributed by atoms with Crippen LogP contribution in [0.15, 0.2) is 0 Å². The van der Waals surface area contributed by atoms with Gasteiger partial charge in [0.25, 0.3) is 0 Å². The van der Waals surface area contributed by atoms with Crippen LogP contribution in [-0.4, -0.2) is 24.0 Å². The van der Waals surface area contributed by atoms with Crippen LogP contribution in [0.1, 0.15) is 39.0 Å². The topological polar surface area (TPSA) is 3.24 Å². The summed E-state index contributed by atoms with van der Waals surface area (Å²) in [6, 6.07) is 0. The highest BCUT2D eigenvalue weighted by Gasteiger charge is 2.43. The Hall–Kier alpha value is -0.0400. The summed E-state index contributed by atoms with van der Waals surface area (Å²) >= 11 is 0. The Kier molecular flexibility index (Phi) is 1.71. The largest absolute Gasteiger partial charge is 0.301 e. The van der Waals surface area contributed by atoms with E-state index in [2.05, 4.69) is 18.9 Å². The summed E-state index contributed by atoms with van der Waals surface area (Å²) in [7, 11) is 2.31. The maximum atomic E-state index is 2.61. The predicted molar refractivity (Wildman–Crippen MR) is 47.6 cm³/mol. The molecule has 0 radical (unpaired) electrons. The van der Waals surface area contributed by atoms with Crippen molar-refractivity contribution in [2.75, 3.05) is 13.6 Å². The lowest BCUT2D eigenvalue weighted by Gasteiger charge is -2.32. The Morgan fingerprint density at radius 2 is 2.18 bits per heavy atom. The first-order chi connectivity index (χ1) is 5.23. The fourth-order valence-corrected chi connectivity index (χ4v) is 3.01. The second-order valence-electron chi connectivity index (χ2n) is 4.60. The minimum atomic E-state index is 0.652. The number of nitrogens with zero attached hydrogens (tertiary/aromatic N) is 1. The Balaban J connectivity index is 2.10. The highest BCUT2D eigenvalue weighted by atomic mass is 15.2. The first-order valence-electron chi connectivity index (χ1n) is 4.94. The van der Waals surface area contributed by atoms with Gasteiger partial charge in [-0.15, -0.1) is 0 Å². The molecule has 0 aromatic carbocycles. The van der Waals surface area contributed by atoms with E-state index in [4.69, 9.17) is 0 Å². The van der Waals surface area contributed by atoms with Crippen molar-refractivity contribution in [2.45, 2.75) is 44.6 Å². The molecule has 1 saturated carbocycles. The molecule has 2 fully saturated rings. The van der Waals surface area contributed by atoms with Crippen LogP contribution in [0, 0.1) is 5.92 Å². The normalized spacial score (nSPS) is 45.8. The maximum absolute atomic E-state index is 2.61. The van der Waals surface area contributed by atoms with E-state index in [-0.39, 0.29) is 0 Å². The third kappa shape index (κ3) is 1.10. The van der Waals surface area contributed by atoms with Gasteiger partial charge in [-0.05, 0) is 51.6 Å². The van der Waals surface area contributed by atoms with E-state index in [0.717, 1.165) is 5.92 Å². The van der Waals surface area contributed by atoms with Crippen molar-refractivity contribution in [2.24, 2.45) is 5.92 Å². The first-order valence-corrected chi connectivity index (χ1v) is 4.94. The number of hydrogen-bond acceptors (Lipinski definition) is 1.